The molecule has 0 saturated heterocycles. The predicted molar refractivity (Wildman–Crippen MR) is 56.0 cm³/mol. The molecule has 1 amide bonds. The Hall–Kier alpha value is -1.36. The SMILES string of the molecule is Cc1cc(CNC(=O)CCC(C)N)on1. The summed E-state index contributed by atoms with van der Waals surface area (Å²) in [6.07, 6.45) is 1.14. The number of hydrogen-bond acceptors (Lipinski definition) is 4. The fourth-order valence-electron chi connectivity index (χ4n) is 1.13. The molecule has 1 unspecified atom stereocenters. The lowest BCUT2D eigenvalue weighted by atomic mass is 10.2. The van der Waals surface area contributed by atoms with Gasteiger partial charge in [0.15, 0.2) is 5.76 Å². The molecule has 5 nitrogen and oxygen atoms in total. The zero-order valence-corrected chi connectivity index (χ0v) is 9.12. The first-order chi connectivity index (χ1) is 7.08. The fraction of sp³-hybridized carbons (Fsp3) is 0.600. The van der Waals surface area contributed by atoms with Crippen LogP contribution in [0.2, 0.25) is 0 Å². The number of rotatable bonds is 5. The topological polar surface area (TPSA) is 81.2 Å². The monoisotopic (exact) mass is 211 g/mol. The highest BCUT2D eigenvalue weighted by Gasteiger charge is 2.05. The molecule has 1 aromatic rings. The minimum Gasteiger partial charge on any atom is -0.359 e. The average Bonchev–Trinajstić information content (AvgIpc) is 2.58. The third-order valence-electron chi connectivity index (χ3n) is 1.96. The summed E-state index contributed by atoms with van der Waals surface area (Å²) in [4.78, 5) is 11.3. The molecule has 0 spiro atoms. The van der Waals surface area contributed by atoms with E-state index in [0.717, 1.165) is 5.69 Å². The average molecular weight is 211 g/mol. The van der Waals surface area contributed by atoms with Crippen LogP contribution in [-0.2, 0) is 11.3 Å². The van der Waals surface area contributed by atoms with E-state index < -0.39 is 0 Å². The molecule has 1 rings (SSSR count). The number of nitrogens with two attached hydrogens (primary N) is 1. The number of nitrogens with one attached hydrogen (secondary N) is 1. The predicted octanol–water partition coefficient (Wildman–Crippen LogP) is 0.727. The molecule has 0 radical (unpaired) electrons. The highest BCUT2D eigenvalue weighted by atomic mass is 16.5. The van der Waals surface area contributed by atoms with Gasteiger partial charge >= 0.3 is 0 Å². The summed E-state index contributed by atoms with van der Waals surface area (Å²) >= 11 is 0. The molecular weight excluding hydrogens is 194 g/mol. The first-order valence-electron chi connectivity index (χ1n) is 5.02. The maximum absolute atomic E-state index is 11.3. The Labute approximate surface area is 89.0 Å². The number of aryl methyl sites for hydroxylation is 1. The number of carbonyl (C=O) groups is 1. The maximum atomic E-state index is 11.3. The van der Waals surface area contributed by atoms with Crippen molar-refractivity contribution in [2.75, 3.05) is 0 Å². The van der Waals surface area contributed by atoms with E-state index in [9.17, 15) is 4.79 Å². The number of hydrogen-bond donors (Lipinski definition) is 2. The van der Waals surface area contributed by atoms with Crippen LogP contribution in [0.25, 0.3) is 0 Å². The van der Waals surface area contributed by atoms with Gasteiger partial charge < -0.3 is 15.6 Å². The van der Waals surface area contributed by atoms with Crippen LogP contribution in [0.5, 0.6) is 0 Å². The number of amides is 1. The maximum Gasteiger partial charge on any atom is 0.220 e. The van der Waals surface area contributed by atoms with E-state index >= 15 is 0 Å². The lowest BCUT2D eigenvalue weighted by molar-refractivity contribution is -0.121. The first-order valence-corrected chi connectivity index (χ1v) is 5.02. The van der Waals surface area contributed by atoms with Crippen molar-refractivity contribution in [1.29, 1.82) is 0 Å². The molecule has 3 N–H and O–H groups in total. The van der Waals surface area contributed by atoms with Crippen LogP contribution < -0.4 is 11.1 Å². The highest BCUT2D eigenvalue weighted by molar-refractivity contribution is 5.75. The molecule has 0 aliphatic carbocycles. The summed E-state index contributed by atoms with van der Waals surface area (Å²) < 4.78 is 4.95. The third kappa shape index (κ3) is 4.60. The Morgan fingerprint density at radius 2 is 2.47 bits per heavy atom. The van der Waals surface area contributed by atoms with Gasteiger partial charge in [-0.1, -0.05) is 5.16 Å². The Morgan fingerprint density at radius 1 is 1.73 bits per heavy atom. The van der Waals surface area contributed by atoms with Gasteiger partial charge in [0.25, 0.3) is 0 Å². The Morgan fingerprint density at radius 3 is 3.00 bits per heavy atom. The third-order valence-corrected chi connectivity index (χ3v) is 1.96. The van der Waals surface area contributed by atoms with Crippen molar-refractivity contribution in [2.45, 2.75) is 39.3 Å². The van der Waals surface area contributed by atoms with Crippen LogP contribution in [0.1, 0.15) is 31.2 Å². The van der Waals surface area contributed by atoms with Crippen LogP contribution in [-0.4, -0.2) is 17.1 Å². The largest absolute Gasteiger partial charge is 0.359 e. The number of nitrogens with zero attached hydrogens (tertiary/aromatic N) is 1. The van der Waals surface area contributed by atoms with Gasteiger partial charge in [0.1, 0.15) is 0 Å². The minimum absolute atomic E-state index is 0.0126. The Kier molecular flexibility index (Phi) is 4.30. The summed E-state index contributed by atoms with van der Waals surface area (Å²) in [5.41, 5.74) is 6.36. The van der Waals surface area contributed by atoms with Crippen molar-refractivity contribution < 1.29 is 9.32 Å². The molecule has 0 fully saturated rings. The van der Waals surface area contributed by atoms with E-state index in [-0.39, 0.29) is 11.9 Å². The van der Waals surface area contributed by atoms with Gasteiger partial charge in [0.05, 0.1) is 12.2 Å². The van der Waals surface area contributed by atoms with Crippen molar-refractivity contribution >= 4 is 5.91 Å². The first kappa shape index (κ1) is 11.7. The number of carbonyl (C=O) groups excluding carboxylic acids is 1. The molecule has 0 aliphatic rings. The Bertz CT molecular complexity index is 320. The van der Waals surface area contributed by atoms with Crippen LogP contribution in [0.3, 0.4) is 0 Å². The number of aromatic nitrogens is 1. The molecule has 1 atom stereocenters. The molecule has 1 heterocycles. The van der Waals surface area contributed by atoms with Crippen LogP contribution in [0.15, 0.2) is 10.6 Å². The second-order valence-corrected chi connectivity index (χ2v) is 3.73. The van der Waals surface area contributed by atoms with Gasteiger partial charge in [-0.3, -0.25) is 4.79 Å². The molecular formula is C10H17N3O2. The zero-order valence-electron chi connectivity index (χ0n) is 9.12. The van der Waals surface area contributed by atoms with Crippen molar-refractivity contribution in [3.8, 4) is 0 Å². The lowest BCUT2D eigenvalue weighted by Gasteiger charge is -2.04. The second kappa shape index (κ2) is 5.50. The van der Waals surface area contributed by atoms with Crippen LogP contribution in [0.4, 0.5) is 0 Å². The van der Waals surface area contributed by atoms with Crippen molar-refractivity contribution in [2.24, 2.45) is 5.73 Å². The summed E-state index contributed by atoms with van der Waals surface area (Å²) in [6.45, 7) is 4.11. The van der Waals surface area contributed by atoms with E-state index in [0.29, 0.717) is 25.1 Å². The standard InChI is InChI=1S/C10H17N3O2/c1-7(11)3-4-10(14)12-6-9-5-8(2)13-15-9/h5,7H,3-4,6,11H2,1-2H3,(H,12,14). The lowest BCUT2D eigenvalue weighted by Crippen LogP contribution is -2.25. The molecule has 0 aliphatic heterocycles. The van der Waals surface area contributed by atoms with Crippen LogP contribution in [0, 0.1) is 6.92 Å². The molecule has 0 aromatic carbocycles. The molecule has 84 valence electrons. The molecule has 15 heavy (non-hydrogen) atoms. The van der Waals surface area contributed by atoms with Gasteiger partial charge in [0.2, 0.25) is 5.91 Å². The van der Waals surface area contributed by atoms with Gasteiger partial charge in [-0.05, 0) is 20.3 Å². The minimum atomic E-state index is -0.0126. The Balaban J connectivity index is 2.22. The quantitative estimate of drug-likeness (QED) is 0.752. The zero-order chi connectivity index (χ0) is 11.3. The summed E-state index contributed by atoms with van der Waals surface area (Å²) in [5, 5.41) is 6.46. The molecule has 0 bridgehead atoms. The normalized spacial score (nSPS) is 12.5. The van der Waals surface area contributed by atoms with Gasteiger partial charge in [-0.2, -0.15) is 0 Å². The summed E-state index contributed by atoms with van der Waals surface area (Å²) in [7, 11) is 0. The molecule has 1 aromatic heterocycles. The summed E-state index contributed by atoms with van der Waals surface area (Å²) in [5.74, 6) is 0.656. The summed E-state index contributed by atoms with van der Waals surface area (Å²) in [6, 6.07) is 1.86. The van der Waals surface area contributed by atoms with Gasteiger partial charge in [-0.25, -0.2) is 0 Å². The van der Waals surface area contributed by atoms with Crippen molar-refractivity contribution in [3.63, 3.8) is 0 Å². The van der Waals surface area contributed by atoms with E-state index in [4.69, 9.17) is 10.3 Å². The molecule has 0 saturated carbocycles. The van der Waals surface area contributed by atoms with E-state index in [2.05, 4.69) is 10.5 Å². The van der Waals surface area contributed by atoms with E-state index in [1.165, 1.54) is 0 Å². The van der Waals surface area contributed by atoms with Gasteiger partial charge in [-0.15, -0.1) is 0 Å². The smallest absolute Gasteiger partial charge is 0.220 e. The molecule has 5 heteroatoms. The fourth-order valence-corrected chi connectivity index (χ4v) is 1.13. The highest BCUT2D eigenvalue weighted by Crippen LogP contribution is 2.01. The van der Waals surface area contributed by atoms with Crippen molar-refractivity contribution in [1.82, 2.24) is 10.5 Å². The van der Waals surface area contributed by atoms with Crippen LogP contribution >= 0.6 is 0 Å². The van der Waals surface area contributed by atoms with Crippen molar-refractivity contribution in [3.05, 3.63) is 17.5 Å². The second-order valence-electron chi connectivity index (χ2n) is 3.73. The van der Waals surface area contributed by atoms with Gasteiger partial charge in [0, 0.05) is 18.5 Å². The van der Waals surface area contributed by atoms with E-state index in [1.54, 1.807) is 6.07 Å². The van der Waals surface area contributed by atoms with E-state index in [1.807, 2.05) is 13.8 Å².